The van der Waals surface area contributed by atoms with Crippen LogP contribution in [-0.2, 0) is 0 Å². The summed E-state index contributed by atoms with van der Waals surface area (Å²) in [4.78, 5) is 4.36. The maximum absolute atomic E-state index is 6.11. The molecule has 2 aromatic rings. The van der Waals surface area contributed by atoms with Gasteiger partial charge < -0.3 is 0 Å². The molecule has 0 amide bonds. The molecule has 0 spiro atoms. The number of fused-ring (bicyclic) bond motifs is 1. The van der Waals surface area contributed by atoms with Gasteiger partial charge in [0.25, 0.3) is 0 Å². The zero-order chi connectivity index (χ0) is 11.4. The quantitative estimate of drug-likeness (QED) is 0.591. The molecule has 16 heavy (non-hydrogen) atoms. The molecular formula is C13H11BrClN. The summed E-state index contributed by atoms with van der Waals surface area (Å²) in [5.74, 6) is 0. The number of pyridine rings is 1. The van der Waals surface area contributed by atoms with Crippen LogP contribution in [0.2, 0.25) is 5.15 Å². The van der Waals surface area contributed by atoms with Gasteiger partial charge in [-0.3, -0.25) is 0 Å². The molecule has 0 aliphatic carbocycles. The number of rotatable bonds is 3. The van der Waals surface area contributed by atoms with E-state index in [0.29, 0.717) is 5.15 Å². The van der Waals surface area contributed by atoms with E-state index in [2.05, 4.69) is 33.1 Å². The highest BCUT2D eigenvalue weighted by molar-refractivity contribution is 9.09. The Morgan fingerprint density at radius 3 is 2.94 bits per heavy atom. The van der Waals surface area contributed by atoms with Crippen molar-refractivity contribution in [2.45, 2.75) is 6.42 Å². The lowest BCUT2D eigenvalue weighted by atomic mass is 10.1. The van der Waals surface area contributed by atoms with Crippen molar-refractivity contribution < 1.29 is 0 Å². The van der Waals surface area contributed by atoms with E-state index in [1.54, 1.807) is 0 Å². The van der Waals surface area contributed by atoms with Crippen LogP contribution >= 0.6 is 27.5 Å². The second-order valence-corrected chi connectivity index (χ2v) is 4.59. The Balaban J connectivity index is 2.42. The number of hydrogen-bond donors (Lipinski definition) is 0. The molecule has 1 nitrogen and oxygen atoms in total. The molecule has 1 heterocycles. The van der Waals surface area contributed by atoms with Crippen LogP contribution in [0, 0.1) is 0 Å². The Hall–Kier alpha value is -0.860. The molecule has 2 rings (SSSR count). The fourth-order valence-corrected chi connectivity index (χ4v) is 1.97. The zero-order valence-electron chi connectivity index (χ0n) is 8.66. The Labute approximate surface area is 108 Å². The van der Waals surface area contributed by atoms with E-state index in [1.165, 1.54) is 0 Å². The van der Waals surface area contributed by atoms with Gasteiger partial charge in [-0.25, -0.2) is 4.98 Å². The predicted molar refractivity (Wildman–Crippen MR) is 74.2 cm³/mol. The second-order valence-electron chi connectivity index (χ2n) is 3.44. The number of allylic oxidation sites excluding steroid dienone is 1. The van der Waals surface area contributed by atoms with E-state index in [4.69, 9.17) is 11.6 Å². The van der Waals surface area contributed by atoms with Crippen LogP contribution in [-0.4, -0.2) is 10.3 Å². The molecule has 0 aliphatic rings. The molecule has 3 heteroatoms. The average Bonchev–Trinajstić information content (AvgIpc) is 2.30. The maximum atomic E-state index is 6.11. The van der Waals surface area contributed by atoms with Crippen molar-refractivity contribution in [3.63, 3.8) is 0 Å². The van der Waals surface area contributed by atoms with E-state index in [-0.39, 0.29) is 0 Å². The van der Waals surface area contributed by atoms with Crippen molar-refractivity contribution in [3.8, 4) is 0 Å². The molecule has 0 saturated heterocycles. The smallest absolute Gasteiger partial charge is 0.136 e. The monoisotopic (exact) mass is 295 g/mol. The highest BCUT2D eigenvalue weighted by Crippen LogP contribution is 2.21. The lowest BCUT2D eigenvalue weighted by Crippen LogP contribution is -1.84. The number of alkyl halides is 1. The largest absolute Gasteiger partial charge is 0.235 e. The first kappa shape index (κ1) is 11.6. The van der Waals surface area contributed by atoms with E-state index in [0.717, 1.165) is 28.2 Å². The van der Waals surface area contributed by atoms with Gasteiger partial charge in [0.05, 0.1) is 5.52 Å². The van der Waals surface area contributed by atoms with Crippen LogP contribution in [0.25, 0.3) is 17.0 Å². The normalized spacial score (nSPS) is 11.4. The van der Waals surface area contributed by atoms with Crippen molar-refractivity contribution in [1.82, 2.24) is 4.98 Å². The molecule has 0 radical (unpaired) electrons. The lowest BCUT2D eigenvalue weighted by molar-refractivity contribution is 1.27. The fourth-order valence-electron chi connectivity index (χ4n) is 1.50. The number of hydrogen-bond acceptors (Lipinski definition) is 1. The minimum Gasteiger partial charge on any atom is -0.235 e. The SMILES string of the molecule is Clc1nc2ccccc2cc1C=CCCBr. The standard InChI is InChI=1S/C13H11BrClN/c14-8-4-3-6-11-9-10-5-1-2-7-12(10)16-13(11)15/h1-3,5-7,9H,4,8H2. The molecule has 0 bridgehead atoms. The van der Waals surface area contributed by atoms with Gasteiger partial charge in [0.1, 0.15) is 5.15 Å². The predicted octanol–water partition coefficient (Wildman–Crippen LogP) is 4.69. The minimum absolute atomic E-state index is 0.560. The molecular weight excluding hydrogens is 286 g/mol. The third-order valence-electron chi connectivity index (χ3n) is 2.28. The van der Waals surface area contributed by atoms with Gasteiger partial charge in [0.2, 0.25) is 0 Å². The number of benzene rings is 1. The second kappa shape index (κ2) is 5.46. The van der Waals surface area contributed by atoms with Gasteiger partial charge in [-0.05, 0) is 18.6 Å². The molecule has 0 unspecified atom stereocenters. The Morgan fingerprint density at radius 1 is 1.31 bits per heavy atom. The summed E-state index contributed by atoms with van der Waals surface area (Å²) in [7, 11) is 0. The van der Waals surface area contributed by atoms with Gasteiger partial charge in [-0.2, -0.15) is 0 Å². The topological polar surface area (TPSA) is 12.9 Å². The number of aromatic nitrogens is 1. The summed E-state index contributed by atoms with van der Waals surface area (Å²) in [6, 6.07) is 10.0. The summed E-state index contributed by atoms with van der Waals surface area (Å²) in [6.45, 7) is 0. The average molecular weight is 297 g/mol. The number of nitrogens with zero attached hydrogens (tertiary/aromatic N) is 1. The van der Waals surface area contributed by atoms with E-state index >= 15 is 0 Å². The van der Waals surface area contributed by atoms with Gasteiger partial charge in [-0.1, -0.05) is 57.9 Å². The molecule has 0 aliphatic heterocycles. The first-order valence-electron chi connectivity index (χ1n) is 5.09. The van der Waals surface area contributed by atoms with E-state index in [9.17, 15) is 0 Å². The van der Waals surface area contributed by atoms with Crippen molar-refractivity contribution in [2.24, 2.45) is 0 Å². The molecule has 0 atom stereocenters. The van der Waals surface area contributed by atoms with Crippen LogP contribution in [0.5, 0.6) is 0 Å². The van der Waals surface area contributed by atoms with Gasteiger partial charge in [0, 0.05) is 16.3 Å². The fraction of sp³-hybridized carbons (Fsp3) is 0.154. The summed E-state index contributed by atoms with van der Waals surface area (Å²) >= 11 is 9.49. The van der Waals surface area contributed by atoms with Gasteiger partial charge in [0.15, 0.2) is 0 Å². The van der Waals surface area contributed by atoms with Crippen LogP contribution in [0.15, 0.2) is 36.4 Å². The van der Waals surface area contributed by atoms with Crippen molar-refractivity contribution in [2.75, 3.05) is 5.33 Å². The Bertz CT molecular complexity index is 522. The third-order valence-corrected chi connectivity index (χ3v) is 3.04. The first-order chi connectivity index (χ1) is 7.81. The number of para-hydroxylation sites is 1. The van der Waals surface area contributed by atoms with Crippen LogP contribution in [0.3, 0.4) is 0 Å². The van der Waals surface area contributed by atoms with Crippen LogP contribution in [0.1, 0.15) is 12.0 Å². The third kappa shape index (κ3) is 2.63. The lowest BCUT2D eigenvalue weighted by Gasteiger charge is -2.01. The highest BCUT2D eigenvalue weighted by Gasteiger charge is 2.01. The summed E-state index contributed by atoms with van der Waals surface area (Å²) < 4.78 is 0. The van der Waals surface area contributed by atoms with Crippen LogP contribution < -0.4 is 0 Å². The highest BCUT2D eigenvalue weighted by atomic mass is 79.9. The van der Waals surface area contributed by atoms with Gasteiger partial charge >= 0.3 is 0 Å². The van der Waals surface area contributed by atoms with Crippen molar-refractivity contribution in [3.05, 3.63) is 47.1 Å². The van der Waals surface area contributed by atoms with Crippen molar-refractivity contribution >= 4 is 44.5 Å². The molecule has 1 aromatic carbocycles. The Kier molecular flexibility index (Phi) is 3.97. The first-order valence-corrected chi connectivity index (χ1v) is 6.59. The molecule has 0 saturated carbocycles. The van der Waals surface area contributed by atoms with E-state index in [1.807, 2.05) is 30.3 Å². The molecule has 0 fully saturated rings. The van der Waals surface area contributed by atoms with E-state index < -0.39 is 0 Å². The van der Waals surface area contributed by atoms with Gasteiger partial charge in [-0.15, -0.1) is 0 Å². The summed E-state index contributed by atoms with van der Waals surface area (Å²) in [6.07, 6.45) is 5.10. The molecule has 1 aromatic heterocycles. The summed E-state index contributed by atoms with van der Waals surface area (Å²) in [5.41, 5.74) is 1.91. The minimum atomic E-state index is 0.560. The maximum Gasteiger partial charge on any atom is 0.136 e. The molecule has 82 valence electrons. The zero-order valence-corrected chi connectivity index (χ0v) is 11.0. The van der Waals surface area contributed by atoms with Crippen LogP contribution in [0.4, 0.5) is 0 Å². The molecule has 0 N–H and O–H groups in total. The Morgan fingerprint density at radius 2 is 2.12 bits per heavy atom. The number of halogens is 2. The summed E-state index contributed by atoms with van der Waals surface area (Å²) in [5, 5.41) is 2.64. The van der Waals surface area contributed by atoms with Crippen molar-refractivity contribution in [1.29, 1.82) is 0 Å².